The van der Waals surface area contributed by atoms with Crippen molar-refractivity contribution >= 4 is 101 Å². The van der Waals surface area contributed by atoms with Gasteiger partial charge in [-0.2, -0.15) is 0 Å². The van der Waals surface area contributed by atoms with Gasteiger partial charge in [-0.25, -0.2) is 0 Å². The second kappa shape index (κ2) is 19.7. The molecule has 2 heterocycles. The summed E-state index contributed by atoms with van der Waals surface area (Å²) in [7, 11) is 3.46. The van der Waals surface area contributed by atoms with Crippen LogP contribution in [-0.2, 0) is 18.5 Å². The lowest BCUT2D eigenvalue weighted by Crippen LogP contribution is -2.29. The van der Waals surface area contributed by atoms with Gasteiger partial charge in [0.1, 0.15) is 11.5 Å². The fraction of sp³-hybridized carbons (Fsp3) is 0.130. The number of aryl methyl sites for hydroxylation is 2. The van der Waals surface area contributed by atoms with Crippen LogP contribution in [0.15, 0.2) is 228 Å². The Kier molecular flexibility index (Phi) is 12.4. The second-order valence-electron chi connectivity index (χ2n) is 19.7. The first-order chi connectivity index (χ1) is 37.9. The summed E-state index contributed by atoms with van der Waals surface area (Å²) < 4.78 is 16.3. The zero-order valence-electron chi connectivity index (χ0n) is 44.1. The average molecular weight is 1040 g/mol. The number of rotatable bonds is 14. The SMILES string of the molecule is CCn1c2ccc(SC)cc2c2cc(N(c3ccc(OC)cc3)c3ccc4c(c3)C(c3ccccc3)(c3ccccc3)c3cc(N(c5ccc(OC)cc5)c5ccc6c(c5)c5cc(SC)ccc5n6CC)ccc3-4)ccc21. The summed E-state index contributed by atoms with van der Waals surface area (Å²) in [6.45, 7) is 6.23. The lowest BCUT2D eigenvalue weighted by atomic mass is 9.67. The quantitative estimate of drug-likeness (QED) is 0.101. The predicted octanol–water partition coefficient (Wildman–Crippen LogP) is 18.7. The molecule has 0 radical (unpaired) electrons. The number of aromatic nitrogens is 2. The van der Waals surface area contributed by atoms with Gasteiger partial charge >= 0.3 is 0 Å². The molecular formula is C69H58N4O2S2. The predicted molar refractivity (Wildman–Crippen MR) is 327 cm³/mol. The topological polar surface area (TPSA) is 34.8 Å². The van der Waals surface area contributed by atoms with E-state index in [0.717, 1.165) is 58.7 Å². The third kappa shape index (κ3) is 7.79. The van der Waals surface area contributed by atoms with Gasteiger partial charge in [-0.1, -0.05) is 72.8 Å². The van der Waals surface area contributed by atoms with Crippen molar-refractivity contribution in [1.82, 2.24) is 9.13 Å². The van der Waals surface area contributed by atoms with Crippen LogP contribution in [0.4, 0.5) is 34.1 Å². The Balaban J connectivity index is 1.05. The lowest BCUT2D eigenvalue weighted by molar-refractivity contribution is 0.414. The molecule has 6 nitrogen and oxygen atoms in total. The molecule has 1 aliphatic rings. The molecule has 77 heavy (non-hydrogen) atoms. The molecule has 378 valence electrons. The molecule has 8 heteroatoms. The molecule has 0 fully saturated rings. The lowest BCUT2D eigenvalue weighted by Gasteiger charge is -2.35. The standard InChI is InChI=1S/C69H58N4O2S2/c1-7-70-65-35-25-49(39-59(65)61-43-55(76-5)31-37-67(61)70)72(47-19-27-53(74-3)28-20-47)51-23-33-57-58-34-24-52(42-64(58)69(63(57)41-51,45-15-11-9-12-16-45)46-17-13-10-14-18-46)73(48-21-29-54(75-4)30-22-48)50-26-36-66-60(40-50)62-44-56(77-6)32-38-68(62)71(66)8-2/h9-44H,7-8H2,1-6H3. The van der Waals surface area contributed by atoms with Crippen molar-refractivity contribution in [2.24, 2.45) is 0 Å². The van der Waals surface area contributed by atoms with E-state index in [1.807, 2.05) is 0 Å². The first kappa shape index (κ1) is 48.3. The zero-order valence-corrected chi connectivity index (χ0v) is 45.8. The number of benzene rings is 10. The van der Waals surface area contributed by atoms with Gasteiger partial charge in [0.05, 0.1) is 19.6 Å². The summed E-state index contributed by atoms with van der Waals surface area (Å²) >= 11 is 3.57. The van der Waals surface area contributed by atoms with E-state index in [4.69, 9.17) is 9.47 Å². The summed E-state index contributed by atoms with van der Waals surface area (Å²) in [4.78, 5) is 7.34. The van der Waals surface area contributed by atoms with Crippen LogP contribution in [0.1, 0.15) is 36.1 Å². The van der Waals surface area contributed by atoms with Gasteiger partial charge in [0.15, 0.2) is 0 Å². The second-order valence-corrected chi connectivity index (χ2v) is 21.4. The minimum atomic E-state index is -0.712. The van der Waals surface area contributed by atoms with Gasteiger partial charge < -0.3 is 28.4 Å². The Morgan fingerprint density at radius 1 is 0.377 bits per heavy atom. The van der Waals surface area contributed by atoms with E-state index in [1.54, 1.807) is 37.7 Å². The molecule has 0 bridgehead atoms. The van der Waals surface area contributed by atoms with Crippen molar-refractivity contribution in [3.63, 3.8) is 0 Å². The molecule has 0 spiro atoms. The van der Waals surface area contributed by atoms with Crippen molar-refractivity contribution in [3.8, 4) is 22.6 Å². The Labute approximate surface area is 459 Å². The van der Waals surface area contributed by atoms with Gasteiger partial charge in [0, 0.05) is 101 Å². The maximum Gasteiger partial charge on any atom is 0.119 e. The largest absolute Gasteiger partial charge is 0.497 e. The Morgan fingerprint density at radius 3 is 1.08 bits per heavy atom. The Hall–Kier alpha value is -8.30. The number of anilines is 6. The van der Waals surface area contributed by atoms with Crippen LogP contribution in [0, 0.1) is 0 Å². The number of hydrogen-bond acceptors (Lipinski definition) is 6. The van der Waals surface area contributed by atoms with E-state index in [1.165, 1.54) is 86.8 Å². The van der Waals surface area contributed by atoms with Gasteiger partial charge in [0.2, 0.25) is 0 Å². The summed E-state index contributed by atoms with van der Waals surface area (Å²) in [5, 5.41) is 5.00. The maximum atomic E-state index is 5.73. The third-order valence-electron chi connectivity index (χ3n) is 16.0. The molecule has 0 aliphatic heterocycles. The molecule has 10 aromatic carbocycles. The van der Waals surface area contributed by atoms with Crippen LogP contribution in [0.25, 0.3) is 54.7 Å². The van der Waals surface area contributed by atoms with E-state index in [2.05, 4.69) is 264 Å². The van der Waals surface area contributed by atoms with Gasteiger partial charge in [-0.3, -0.25) is 0 Å². The number of nitrogens with zero attached hydrogens (tertiary/aromatic N) is 4. The minimum Gasteiger partial charge on any atom is -0.497 e. The van der Waals surface area contributed by atoms with Crippen molar-refractivity contribution in [2.75, 3.05) is 36.5 Å². The first-order valence-electron chi connectivity index (χ1n) is 26.4. The summed E-state index contributed by atoms with van der Waals surface area (Å²) in [5.41, 5.74) is 17.9. The van der Waals surface area contributed by atoms with Crippen LogP contribution in [0.5, 0.6) is 11.5 Å². The number of thioether (sulfide) groups is 2. The molecule has 1 aliphatic carbocycles. The van der Waals surface area contributed by atoms with Gasteiger partial charge in [-0.05, 0) is 205 Å². The molecule has 2 aromatic heterocycles. The zero-order chi connectivity index (χ0) is 52.4. The van der Waals surface area contributed by atoms with Gasteiger partial charge in [0.25, 0.3) is 0 Å². The van der Waals surface area contributed by atoms with E-state index in [0.29, 0.717) is 0 Å². The number of hydrogen-bond donors (Lipinski definition) is 0. The molecule has 0 N–H and O–H groups in total. The highest BCUT2D eigenvalue weighted by atomic mass is 32.2. The van der Waals surface area contributed by atoms with E-state index in [9.17, 15) is 0 Å². The average Bonchev–Trinajstić information content (AvgIpc) is 4.23. The van der Waals surface area contributed by atoms with Crippen molar-refractivity contribution < 1.29 is 9.47 Å². The van der Waals surface area contributed by atoms with Crippen LogP contribution in [0.3, 0.4) is 0 Å². The Morgan fingerprint density at radius 2 is 0.714 bits per heavy atom. The molecule has 13 rings (SSSR count). The molecule has 12 aromatic rings. The third-order valence-corrected chi connectivity index (χ3v) is 17.4. The van der Waals surface area contributed by atoms with Crippen molar-refractivity contribution in [1.29, 1.82) is 0 Å². The maximum absolute atomic E-state index is 5.73. The van der Waals surface area contributed by atoms with Crippen LogP contribution >= 0.6 is 23.5 Å². The van der Waals surface area contributed by atoms with Crippen LogP contribution < -0.4 is 19.3 Å². The van der Waals surface area contributed by atoms with Crippen LogP contribution in [-0.4, -0.2) is 35.9 Å². The number of methoxy groups -OCH3 is 2. The molecule has 0 atom stereocenters. The van der Waals surface area contributed by atoms with E-state index < -0.39 is 5.41 Å². The normalized spacial score (nSPS) is 12.6. The molecular weight excluding hydrogens is 981 g/mol. The summed E-state index contributed by atoms with van der Waals surface area (Å²) in [5.74, 6) is 1.63. The van der Waals surface area contributed by atoms with Crippen molar-refractivity contribution in [3.05, 3.63) is 241 Å². The van der Waals surface area contributed by atoms with E-state index >= 15 is 0 Å². The number of ether oxygens (including phenoxy) is 2. The van der Waals surface area contributed by atoms with Gasteiger partial charge in [-0.15, -0.1) is 23.5 Å². The number of fused-ring (bicyclic) bond motifs is 9. The highest BCUT2D eigenvalue weighted by molar-refractivity contribution is 7.98. The highest BCUT2D eigenvalue weighted by Gasteiger charge is 2.47. The summed E-state index contributed by atoms with van der Waals surface area (Å²) in [6.07, 6.45) is 4.31. The summed E-state index contributed by atoms with van der Waals surface area (Å²) in [6, 6.07) is 81.2. The molecule has 0 saturated heterocycles. The van der Waals surface area contributed by atoms with E-state index in [-0.39, 0.29) is 0 Å². The first-order valence-corrected chi connectivity index (χ1v) is 28.8. The Bertz CT molecular complexity index is 3910. The minimum absolute atomic E-state index is 0.712. The molecule has 0 amide bonds. The van der Waals surface area contributed by atoms with Crippen LogP contribution in [0.2, 0.25) is 0 Å². The fourth-order valence-corrected chi connectivity index (χ4v) is 13.3. The monoisotopic (exact) mass is 1040 g/mol. The van der Waals surface area contributed by atoms with Crippen molar-refractivity contribution in [2.45, 2.75) is 42.1 Å². The molecule has 0 saturated carbocycles. The molecule has 0 unspecified atom stereocenters. The fourth-order valence-electron chi connectivity index (χ4n) is 12.5. The smallest absolute Gasteiger partial charge is 0.119 e. The highest BCUT2D eigenvalue weighted by Crippen LogP contribution is 2.59.